The molecule has 0 saturated carbocycles. The average Bonchev–Trinajstić information content (AvgIpc) is 2.21. The van der Waals surface area contributed by atoms with Crippen LogP contribution in [0, 0.1) is 0 Å². The van der Waals surface area contributed by atoms with Gasteiger partial charge in [0.05, 0.1) is 5.25 Å². The van der Waals surface area contributed by atoms with Crippen LogP contribution in [0.1, 0.15) is 39.0 Å². The lowest BCUT2D eigenvalue weighted by atomic mass is 10.1. The van der Waals surface area contributed by atoms with Gasteiger partial charge in [-0.25, -0.2) is 0 Å². The quantitative estimate of drug-likeness (QED) is 0.374. The number of thiol groups is 1. The van der Waals surface area contributed by atoms with Gasteiger partial charge >= 0.3 is 0 Å². The van der Waals surface area contributed by atoms with Crippen molar-refractivity contribution in [2.24, 2.45) is 5.73 Å². The highest BCUT2D eigenvalue weighted by atomic mass is 32.1. The lowest BCUT2D eigenvalue weighted by molar-refractivity contribution is -0.116. The van der Waals surface area contributed by atoms with Crippen molar-refractivity contribution >= 4 is 18.5 Å². The molecule has 0 aromatic heterocycles. The van der Waals surface area contributed by atoms with Crippen LogP contribution in [0.15, 0.2) is 24.3 Å². The molecular weight excluding hydrogens is 206 g/mol. The number of allylic oxidation sites excluding steroid dienone is 3. The van der Waals surface area contributed by atoms with E-state index in [-0.39, 0.29) is 0 Å². The lowest BCUT2D eigenvalue weighted by Gasteiger charge is -1.95. The Kier molecular flexibility index (Phi) is 9.38. The van der Waals surface area contributed by atoms with E-state index in [0.717, 1.165) is 6.42 Å². The van der Waals surface area contributed by atoms with Crippen LogP contribution in [-0.4, -0.2) is 11.2 Å². The summed E-state index contributed by atoms with van der Waals surface area (Å²) in [5.74, 6) is -0.411. The second-order valence-electron chi connectivity index (χ2n) is 3.51. The number of nitrogens with two attached hydrogens (primary N) is 1. The molecule has 0 rings (SSSR count). The van der Waals surface area contributed by atoms with Crippen LogP contribution in [0.4, 0.5) is 0 Å². The summed E-state index contributed by atoms with van der Waals surface area (Å²) in [5.41, 5.74) is 5.04. The van der Waals surface area contributed by atoms with Crippen LogP contribution in [-0.2, 0) is 4.79 Å². The summed E-state index contributed by atoms with van der Waals surface area (Å²) in [7, 11) is 0. The predicted molar refractivity (Wildman–Crippen MR) is 69.0 cm³/mol. The number of primary amides is 1. The highest BCUT2D eigenvalue weighted by Gasteiger charge is 2.02. The largest absolute Gasteiger partial charge is 0.368 e. The van der Waals surface area contributed by atoms with Crippen molar-refractivity contribution in [3.05, 3.63) is 24.3 Å². The van der Waals surface area contributed by atoms with Gasteiger partial charge in [-0.05, 0) is 12.8 Å². The summed E-state index contributed by atoms with van der Waals surface area (Å²) in [6, 6.07) is 0. The zero-order chi connectivity index (χ0) is 11.5. The molecule has 0 aliphatic rings. The molecule has 15 heavy (non-hydrogen) atoms. The van der Waals surface area contributed by atoms with Crippen LogP contribution in [0.2, 0.25) is 0 Å². The Balaban J connectivity index is 3.49. The van der Waals surface area contributed by atoms with E-state index in [2.05, 4.69) is 25.6 Å². The number of amides is 1. The van der Waals surface area contributed by atoms with Gasteiger partial charge in [-0.1, -0.05) is 50.5 Å². The molecule has 0 fully saturated rings. The predicted octanol–water partition coefficient (Wildman–Crippen LogP) is 2.85. The number of rotatable bonds is 8. The van der Waals surface area contributed by atoms with Crippen LogP contribution < -0.4 is 5.73 Å². The topological polar surface area (TPSA) is 43.1 Å². The molecule has 0 aliphatic carbocycles. The van der Waals surface area contributed by atoms with Crippen molar-refractivity contribution in [1.82, 2.24) is 0 Å². The lowest BCUT2D eigenvalue weighted by Crippen LogP contribution is -2.21. The van der Waals surface area contributed by atoms with Gasteiger partial charge in [-0.2, -0.15) is 12.6 Å². The van der Waals surface area contributed by atoms with Gasteiger partial charge in [-0.15, -0.1) is 0 Å². The molecule has 0 spiro atoms. The molecule has 0 heterocycles. The molecular formula is C12H21NOS. The first-order valence-corrected chi connectivity index (χ1v) is 6.00. The van der Waals surface area contributed by atoms with E-state index in [4.69, 9.17) is 5.73 Å². The number of unbranched alkanes of at least 4 members (excludes halogenated alkanes) is 4. The molecule has 0 aromatic rings. The van der Waals surface area contributed by atoms with E-state index in [1.54, 1.807) is 6.08 Å². The first-order chi connectivity index (χ1) is 7.18. The summed E-state index contributed by atoms with van der Waals surface area (Å²) < 4.78 is 0. The van der Waals surface area contributed by atoms with Crippen LogP contribution in [0.25, 0.3) is 0 Å². The first-order valence-electron chi connectivity index (χ1n) is 5.49. The molecule has 2 nitrogen and oxygen atoms in total. The fourth-order valence-electron chi connectivity index (χ4n) is 1.13. The molecule has 1 unspecified atom stereocenters. The fourth-order valence-corrected chi connectivity index (χ4v) is 1.23. The smallest absolute Gasteiger partial charge is 0.234 e. The third-order valence-corrected chi connectivity index (χ3v) is 2.48. The highest BCUT2D eigenvalue weighted by Crippen LogP contribution is 2.03. The normalized spacial score (nSPS) is 13.7. The minimum Gasteiger partial charge on any atom is -0.368 e. The van der Waals surface area contributed by atoms with Gasteiger partial charge in [0.25, 0.3) is 0 Å². The van der Waals surface area contributed by atoms with Gasteiger partial charge in [0.2, 0.25) is 5.91 Å². The number of carbonyl (C=O) groups is 1. The maximum absolute atomic E-state index is 10.6. The molecule has 1 atom stereocenters. The maximum atomic E-state index is 10.6. The van der Waals surface area contributed by atoms with Crippen molar-refractivity contribution in [1.29, 1.82) is 0 Å². The van der Waals surface area contributed by atoms with E-state index in [1.165, 1.54) is 25.7 Å². The third kappa shape index (κ3) is 9.60. The molecule has 1 amide bonds. The van der Waals surface area contributed by atoms with Crippen LogP contribution in [0.5, 0.6) is 0 Å². The minimum atomic E-state index is -0.477. The van der Waals surface area contributed by atoms with Crippen molar-refractivity contribution < 1.29 is 4.79 Å². The van der Waals surface area contributed by atoms with Crippen LogP contribution >= 0.6 is 12.6 Å². The maximum Gasteiger partial charge on any atom is 0.234 e. The van der Waals surface area contributed by atoms with E-state index >= 15 is 0 Å². The number of hydrogen-bond acceptors (Lipinski definition) is 2. The Labute approximate surface area is 98.0 Å². The molecule has 0 aliphatic heterocycles. The van der Waals surface area contributed by atoms with Gasteiger partial charge in [0, 0.05) is 0 Å². The summed E-state index contributed by atoms with van der Waals surface area (Å²) in [4.78, 5) is 10.6. The van der Waals surface area contributed by atoms with Gasteiger partial charge < -0.3 is 5.73 Å². The molecule has 0 radical (unpaired) electrons. The van der Waals surface area contributed by atoms with Crippen molar-refractivity contribution in [2.45, 2.75) is 44.3 Å². The van der Waals surface area contributed by atoms with E-state index in [1.807, 2.05) is 12.2 Å². The SMILES string of the molecule is CCCCCCC=CC=CC(S)C(N)=O. The summed E-state index contributed by atoms with van der Waals surface area (Å²) in [5, 5.41) is -0.477. The fraction of sp³-hybridized carbons (Fsp3) is 0.583. The second kappa shape index (κ2) is 9.84. The summed E-state index contributed by atoms with van der Waals surface area (Å²) in [6.07, 6.45) is 13.8. The van der Waals surface area contributed by atoms with Gasteiger partial charge in [0.1, 0.15) is 0 Å². The number of hydrogen-bond donors (Lipinski definition) is 2. The Morgan fingerprint density at radius 3 is 2.67 bits per heavy atom. The standard InChI is InChI=1S/C12H21NOS/c1-2-3-4-5-6-7-8-9-10-11(15)12(13)14/h7-11,15H,2-6H2,1H3,(H2,13,14). The molecule has 0 saturated heterocycles. The Morgan fingerprint density at radius 1 is 1.33 bits per heavy atom. The Hall–Kier alpha value is -0.700. The number of carbonyl (C=O) groups excluding carboxylic acids is 1. The average molecular weight is 227 g/mol. The third-order valence-electron chi connectivity index (χ3n) is 2.06. The molecule has 0 bridgehead atoms. The van der Waals surface area contributed by atoms with Crippen molar-refractivity contribution in [3.63, 3.8) is 0 Å². The van der Waals surface area contributed by atoms with E-state index < -0.39 is 11.2 Å². The van der Waals surface area contributed by atoms with E-state index in [9.17, 15) is 4.79 Å². The summed E-state index contributed by atoms with van der Waals surface area (Å²) >= 11 is 4.00. The Morgan fingerprint density at radius 2 is 2.07 bits per heavy atom. The monoisotopic (exact) mass is 227 g/mol. The molecule has 86 valence electrons. The van der Waals surface area contributed by atoms with Gasteiger partial charge in [-0.3, -0.25) is 4.79 Å². The molecule has 3 heteroatoms. The van der Waals surface area contributed by atoms with Crippen molar-refractivity contribution in [3.8, 4) is 0 Å². The zero-order valence-corrected chi connectivity index (χ0v) is 10.2. The summed E-state index contributed by atoms with van der Waals surface area (Å²) in [6.45, 7) is 2.20. The highest BCUT2D eigenvalue weighted by molar-refractivity contribution is 7.82. The minimum absolute atomic E-state index is 0.411. The van der Waals surface area contributed by atoms with Crippen molar-refractivity contribution in [2.75, 3.05) is 0 Å². The second-order valence-corrected chi connectivity index (χ2v) is 4.07. The Bertz CT molecular complexity index is 224. The van der Waals surface area contributed by atoms with E-state index in [0.29, 0.717) is 0 Å². The zero-order valence-electron chi connectivity index (χ0n) is 9.36. The van der Waals surface area contributed by atoms with Crippen LogP contribution in [0.3, 0.4) is 0 Å². The van der Waals surface area contributed by atoms with Gasteiger partial charge in [0.15, 0.2) is 0 Å². The molecule has 2 N–H and O–H groups in total. The first kappa shape index (κ1) is 14.3. The molecule has 0 aromatic carbocycles.